The van der Waals surface area contributed by atoms with Crippen LogP contribution in [0.15, 0.2) is 48.5 Å². The van der Waals surface area contributed by atoms with E-state index >= 15 is 0 Å². The third kappa shape index (κ3) is 2.98. The molecule has 3 heteroatoms. The van der Waals surface area contributed by atoms with E-state index in [2.05, 4.69) is 30.0 Å². The number of amides is 1. The topological polar surface area (TPSA) is 40.5 Å². The lowest BCUT2D eigenvalue weighted by Gasteiger charge is -2.38. The van der Waals surface area contributed by atoms with Crippen molar-refractivity contribution in [1.82, 2.24) is 4.90 Å². The smallest absolute Gasteiger partial charge is 0.254 e. The molecule has 2 aliphatic rings. The van der Waals surface area contributed by atoms with Crippen LogP contribution in [0, 0.1) is 12.8 Å². The summed E-state index contributed by atoms with van der Waals surface area (Å²) in [5.74, 6) is 0.513. The van der Waals surface area contributed by atoms with E-state index in [9.17, 15) is 9.90 Å². The zero-order valence-electron chi connectivity index (χ0n) is 14.7. The Bertz CT molecular complexity index is 771. The van der Waals surface area contributed by atoms with Crippen LogP contribution in [-0.2, 0) is 0 Å². The number of nitrogens with zero attached hydrogens (tertiary/aromatic N) is 1. The van der Waals surface area contributed by atoms with Crippen LogP contribution in [0.3, 0.4) is 0 Å². The summed E-state index contributed by atoms with van der Waals surface area (Å²) < 4.78 is 0. The second-order valence-corrected chi connectivity index (χ2v) is 7.51. The average Bonchev–Trinajstić information content (AvgIpc) is 2.91. The number of fused-ring (bicyclic) bond motifs is 2. The highest BCUT2D eigenvalue weighted by atomic mass is 16.3. The minimum atomic E-state index is 0.152. The molecule has 2 aromatic carbocycles. The van der Waals surface area contributed by atoms with Crippen molar-refractivity contribution in [3.63, 3.8) is 0 Å². The molecule has 2 aromatic rings. The number of aliphatic hydroxyl groups is 1. The minimum absolute atomic E-state index is 0.152. The van der Waals surface area contributed by atoms with E-state index in [-0.39, 0.29) is 12.5 Å². The number of aryl methyl sites for hydroxylation is 1. The molecule has 0 aliphatic carbocycles. The van der Waals surface area contributed by atoms with Crippen LogP contribution in [-0.4, -0.2) is 34.6 Å². The molecule has 130 valence electrons. The summed E-state index contributed by atoms with van der Waals surface area (Å²) in [5.41, 5.74) is 4.27. The average molecular weight is 335 g/mol. The van der Waals surface area contributed by atoms with E-state index in [1.165, 1.54) is 11.1 Å². The summed E-state index contributed by atoms with van der Waals surface area (Å²) in [6.07, 6.45) is 4.03. The van der Waals surface area contributed by atoms with Gasteiger partial charge in [-0.15, -0.1) is 0 Å². The van der Waals surface area contributed by atoms with Gasteiger partial charge in [-0.3, -0.25) is 4.79 Å². The Balaban J connectivity index is 1.62. The number of aliphatic hydroxyl groups excluding tert-OH is 1. The number of hydrogen-bond donors (Lipinski definition) is 1. The highest BCUT2D eigenvalue weighted by molar-refractivity contribution is 5.96. The lowest BCUT2D eigenvalue weighted by Crippen LogP contribution is -2.47. The van der Waals surface area contributed by atoms with Gasteiger partial charge in [0.15, 0.2) is 0 Å². The van der Waals surface area contributed by atoms with Gasteiger partial charge in [0.25, 0.3) is 5.91 Å². The lowest BCUT2D eigenvalue weighted by atomic mass is 9.90. The Morgan fingerprint density at radius 3 is 2.48 bits per heavy atom. The molecule has 4 rings (SSSR count). The molecule has 3 nitrogen and oxygen atoms in total. The Morgan fingerprint density at radius 2 is 1.80 bits per heavy atom. The second-order valence-electron chi connectivity index (χ2n) is 7.51. The molecule has 0 aromatic heterocycles. The third-order valence-electron chi connectivity index (χ3n) is 5.89. The molecule has 2 bridgehead atoms. The van der Waals surface area contributed by atoms with Crippen molar-refractivity contribution in [3.8, 4) is 11.1 Å². The van der Waals surface area contributed by atoms with Crippen molar-refractivity contribution < 1.29 is 9.90 Å². The fraction of sp³-hybridized carbons (Fsp3) is 0.409. The van der Waals surface area contributed by atoms with Gasteiger partial charge in [-0.2, -0.15) is 0 Å². The largest absolute Gasteiger partial charge is 0.396 e. The van der Waals surface area contributed by atoms with Crippen molar-refractivity contribution in [1.29, 1.82) is 0 Å². The predicted molar refractivity (Wildman–Crippen MR) is 99.4 cm³/mol. The van der Waals surface area contributed by atoms with Gasteiger partial charge in [0.2, 0.25) is 0 Å². The van der Waals surface area contributed by atoms with Gasteiger partial charge < -0.3 is 10.0 Å². The Labute approximate surface area is 149 Å². The second kappa shape index (κ2) is 6.64. The fourth-order valence-electron chi connectivity index (χ4n) is 4.64. The molecule has 2 aliphatic heterocycles. The van der Waals surface area contributed by atoms with Crippen LogP contribution < -0.4 is 0 Å². The van der Waals surface area contributed by atoms with Gasteiger partial charge in [-0.05, 0) is 67.3 Å². The fourth-order valence-corrected chi connectivity index (χ4v) is 4.64. The minimum Gasteiger partial charge on any atom is -0.396 e. The molecule has 3 atom stereocenters. The molecular weight excluding hydrogens is 310 g/mol. The van der Waals surface area contributed by atoms with Crippen molar-refractivity contribution in [2.45, 2.75) is 44.7 Å². The Hall–Kier alpha value is -2.13. The van der Waals surface area contributed by atoms with E-state index in [1.807, 2.05) is 30.3 Å². The predicted octanol–water partition coefficient (Wildman–Crippen LogP) is 4.04. The number of rotatable bonds is 3. The molecule has 25 heavy (non-hydrogen) atoms. The molecule has 0 spiro atoms. The van der Waals surface area contributed by atoms with Crippen molar-refractivity contribution in [2.75, 3.05) is 6.61 Å². The lowest BCUT2D eigenvalue weighted by molar-refractivity contribution is 0.0453. The zero-order valence-corrected chi connectivity index (χ0v) is 14.7. The van der Waals surface area contributed by atoms with E-state index in [4.69, 9.17) is 0 Å². The van der Waals surface area contributed by atoms with Gasteiger partial charge in [-0.25, -0.2) is 0 Å². The number of benzene rings is 2. The van der Waals surface area contributed by atoms with Crippen LogP contribution in [0.1, 0.15) is 41.6 Å². The molecule has 0 radical (unpaired) electrons. The molecule has 1 amide bonds. The number of piperidine rings is 1. The highest BCUT2D eigenvalue weighted by Crippen LogP contribution is 2.39. The monoisotopic (exact) mass is 335 g/mol. The Morgan fingerprint density at radius 1 is 1.08 bits per heavy atom. The van der Waals surface area contributed by atoms with E-state index < -0.39 is 0 Å². The first-order valence-corrected chi connectivity index (χ1v) is 9.27. The van der Waals surface area contributed by atoms with Crippen LogP contribution >= 0.6 is 0 Å². The summed E-state index contributed by atoms with van der Waals surface area (Å²) in [6, 6.07) is 16.9. The highest BCUT2D eigenvalue weighted by Gasteiger charge is 2.43. The molecular formula is C22H25NO2. The summed E-state index contributed by atoms with van der Waals surface area (Å²) in [4.78, 5) is 15.3. The first-order valence-electron chi connectivity index (χ1n) is 9.27. The van der Waals surface area contributed by atoms with E-state index in [0.717, 1.165) is 36.8 Å². The van der Waals surface area contributed by atoms with Crippen LogP contribution in [0.4, 0.5) is 0 Å². The first kappa shape index (κ1) is 16.3. The summed E-state index contributed by atoms with van der Waals surface area (Å²) in [5, 5.41) is 9.48. The summed E-state index contributed by atoms with van der Waals surface area (Å²) >= 11 is 0. The standard InChI is InChI=1S/C22H25NO2/c1-15-5-2-3-8-21(15)17-6-4-7-18(13-17)22(25)23-19-9-10-20(23)12-16(11-19)14-24/h2-8,13,16,19-20,24H,9-12,14H2,1H3/t16?,19-,20+. The maximum absolute atomic E-state index is 13.2. The molecule has 2 fully saturated rings. The van der Waals surface area contributed by atoms with Crippen molar-refractivity contribution in [2.24, 2.45) is 5.92 Å². The van der Waals surface area contributed by atoms with Crippen molar-refractivity contribution >= 4 is 5.91 Å². The third-order valence-corrected chi connectivity index (χ3v) is 5.89. The van der Waals surface area contributed by atoms with Gasteiger partial charge >= 0.3 is 0 Å². The number of carbonyl (C=O) groups is 1. The summed E-state index contributed by atoms with van der Waals surface area (Å²) in [6.45, 7) is 2.35. The van der Waals surface area contributed by atoms with Crippen molar-refractivity contribution in [3.05, 3.63) is 59.7 Å². The SMILES string of the molecule is Cc1ccccc1-c1cccc(C(=O)N2[C@@H]3CC[C@H]2CC(CO)C3)c1. The normalized spacial score (nSPS) is 25.2. The van der Waals surface area contributed by atoms with Gasteiger partial charge in [-0.1, -0.05) is 36.4 Å². The molecule has 2 heterocycles. The van der Waals surface area contributed by atoms with E-state index in [0.29, 0.717) is 18.0 Å². The molecule has 1 unspecified atom stereocenters. The maximum atomic E-state index is 13.2. The number of carbonyl (C=O) groups excluding carboxylic acids is 1. The van der Waals surface area contributed by atoms with Crippen LogP contribution in [0.25, 0.3) is 11.1 Å². The first-order chi connectivity index (χ1) is 12.2. The number of hydrogen-bond acceptors (Lipinski definition) is 2. The Kier molecular flexibility index (Phi) is 4.34. The zero-order chi connectivity index (χ0) is 17.4. The summed E-state index contributed by atoms with van der Waals surface area (Å²) in [7, 11) is 0. The molecule has 1 N–H and O–H groups in total. The van der Waals surface area contributed by atoms with Crippen LogP contribution in [0.5, 0.6) is 0 Å². The van der Waals surface area contributed by atoms with Gasteiger partial charge in [0.05, 0.1) is 0 Å². The van der Waals surface area contributed by atoms with Crippen LogP contribution in [0.2, 0.25) is 0 Å². The van der Waals surface area contributed by atoms with E-state index in [1.54, 1.807) is 0 Å². The van der Waals surface area contributed by atoms with Gasteiger partial charge in [0, 0.05) is 24.3 Å². The molecule has 2 saturated heterocycles. The molecule has 0 saturated carbocycles. The van der Waals surface area contributed by atoms with Gasteiger partial charge in [0.1, 0.15) is 0 Å². The quantitative estimate of drug-likeness (QED) is 0.920. The maximum Gasteiger partial charge on any atom is 0.254 e.